The molecule has 0 unspecified atom stereocenters. The van der Waals surface area contributed by atoms with Gasteiger partial charge in [-0.2, -0.15) is 0 Å². The molecular weight excluding hydrogens is 256 g/mol. The molecule has 0 radical (unpaired) electrons. The van der Waals surface area contributed by atoms with Crippen LogP contribution in [0.1, 0.15) is 10.4 Å². The van der Waals surface area contributed by atoms with Gasteiger partial charge in [0.25, 0.3) is 11.6 Å². The van der Waals surface area contributed by atoms with Crippen LogP contribution in [0.4, 0.5) is 5.69 Å². The molecule has 0 aliphatic rings. The number of benzene rings is 1. The van der Waals surface area contributed by atoms with Gasteiger partial charge in [0.15, 0.2) is 0 Å². The number of hydrogen-bond donors (Lipinski definition) is 2. The van der Waals surface area contributed by atoms with Crippen molar-refractivity contribution in [2.75, 3.05) is 19.8 Å². The van der Waals surface area contributed by atoms with Crippen molar-refractivity contribution < 1.29 is 24.4 Å². The van der Waals surface area contributed by atoms with Crippen molar-refractivity contribution in [1.29, 1.82) is 0 Å². The van der Waals surface area contributed by atoms with Gasteiger partial charge in [0.2, 0.25) is 0 Å². The van der Waals surface area contributed by atoms with E-state index in [4.69, 9.17) is 9.84 Å². The minimum absolute atomic E-state index is 0.0744. The average Bonchev–Trinajstić information content (AvgIpc) is 2.37. The third-order valence-corrected chi connectivity index (χ3v) is 2.10. The number of carboxylic acid groups (broad SMARTS) is 1. The Morgan fingerprint density at radius 3 is 2.47 bits per heavy atom. The van der Waals surface area contributed by atoms with E-state index in [1.165, 1.54) is 24.3 Å². The molecule has 102 valence electrons. The van der Waals surface area contributed by atoms with Crippen LogP contribution in [0.15, 0.2) is 24.3 Å². The second-order valence-corrected chi connectivity index (χ2v) is 3.51. The van der Waals surface area contributed by atoms with Crippen LogP contribution < -0.4 is 5.32 Å². The summed E-state index contributed by atoms with van der Waals surface area (Å²) >= 11 is 0. The minimum Gasteiger partial charge on any atom is -0.480 e. The largest absolute Gasteiger partial charge is 0.480 e. The van der Waals surface area contributed by atoms with Crippen molar-refractivity contribution in [2.45, 2.75) is 0 Å². The summed E-state index contributed by atoms with van der Waals surface area (Å²) in [6, 6.07) is 5.14. The van der Waals surface area contributed by atoms with Crippen LogP contribution in [-0.2, 0) is 9.53 Å². The quantitative estimate of drug-likeness (QED) is 0.420. The van der Waals surface area contributed by atoms with E-state index in [0.717, 1.165) is 0 Å². The van der Waals surface area contributed by atoms with Gasteiger partial charge >= 0.3 is 5.97 Å². The molecule has 0 heterocycles. The van der Waals surface area contributed by atoms with Gasteiger partial charge in [-0.1, -0.05) is 0 Å². The summed E-state index contributed by atoms with van der Waals surface area (Å²) in [6.07, 6.45) is 0. The SMILES string of the molecule is O=C(O)COCCNC(=O)c1ccc([N+](=O)[O-])cc1. The predicted molar refractivity (Wildman–Crippen MR) is 63.9 cm³/mol. The minimum atomic E-state index is -1.08. The maximum atomic E-state index is 11.6. The Morgan fingerprint density at radius 1 is 1.32 bits per heavy atom. The first-order chi connectivity index (χ1) is 9.00. The number of amides is 1. The summed E-state index contributed by atoms with van der Waals surface area (Å²) in [7, 11) is 0. The van der Waals surface area contributed by atoms with Gasteiger partial charge in [0, 0.05) is 24.2 Å². The molecule has 0 spiro atoms. The van der Waals surface area contributed by atoms with Gasteiger partial charge < -0.3 is 15.2 Å². The van der Waals surface area contributed by atoms with Gasteiger partial charge in [0.05, 0.1) is 11.5 Å². The molecular formula is C11H12N2O6. The van der Waals surface area contributed by atoms with Crippen molar-refractivity contribution in [3.63, 3.8) is 0 Å². The first-order valence-corrected chi connectivity index (χ1v) is 5.33. The van der Waals surface area contributed by atoms with E-state index >= 15 is 0 Å². The maximum Gasteiger partial charge on any atom is 0.329 e. The van der Waals surface area contributed by atoms with Crippen LogP contribution in [0, 0.1) is 10.1 Å². The van der Waals surface area contributed by atoms with Crippen LogP contribution in [-0.4, -0.2) is 41.7 Å². The van der Waals surface area contributed by atoms with Crippen molar-refractivity contribution in [2.24, 2.45) is 0 Å². The summed E-state index contributed by atoms with van der Waals surface area (Å²) in [5, 5.41) is 21.2. The van der Waals surface area contributed by atoms with E-state index in [-0.39, 0.29) is 24.4 Å². The molecule has 1 aromatic rings. The highest BCUT2D eigenvalue weighted by molar-refractivity contribution is 5.94. The third-order valence-electron chi connectivity index (χ3n) is 2.10. The molecule has 0 bridgehead atoms. The number of aliphatic carboxylic acids is 1. The van der Waals surface area contributed by atoms with E-state index < -0.39 is 23.4 Å². The molecule has 0 aliphatic heterocycles. The van der Waals surface area contributed by atoms with Crippen molar-refractivity contribution in [3.8, 4) is 0 Å². The number of carboxylic acids is 1. The molecule has 0 fully saturated rings. The van der Waals surface area contributed by atoms with E-state index in [1.807, 2.05) is 0 Å². The third kappa shape index (κ3) is 5.13. The van der Waals surface area contributed by atoms with Crippen LogP contribution in [0.25, 0.3) is 0 Å². The molecule has 19 heavy (non-hydrogen) atoms. The Hall–Kier alpha value is -2.48. The number of nitro benzene ring substituents is 1. The standard InChI is InChI=1S/C11H12N2O6/c14-10(15)7-19-6-5-12-11(16)8-1-3-9(4-2-8)13(17)18/h1-4H,5-7H2,(H,12,16)(H,14,15). The summed E-state index contributed by atoms with van der Waals surface area (Å²) in [5.74, 6) is -1.49. The number of nitrogens with one attached hydrogen (secondary N) is 1. The first kappa shape index (κ1) is 14.6. The van der Waals surface area contributed by atoms with Crippen molar-refractivity contribution in [3.05, 3.63) is 39.9 Å². The van der Waals surface area contributed by atoms with Gasteiger partial charge in [-0.3, -0.25) is 14.9 Å². The summed E-state index contributed by atoms with van der Waals surface area (Å²) in [5.41, 5.74) is 0.185. The van der Waals surface area contributed by atoms with Crippen molar-refractivity contribution >= 4 is 17.6 Å². The Bertz CT molecular complexity index is 471. The molecule has 0 saturated heterocycles. The molecule has 1 aromatic carbocycles. The summed E-state index contributed by atoms with van der Waals surface area (Å²) < 4.78 is 4.73. The van der Waals surface area contributed by atoms with E-state index in [0.29, 0.717) is 0 Å². The predicted octanol–water partition coefficient (Wildman–Crippen LogP) is 0.426. The number of carbonyl (C=O) groups excluding carboxylic acids is 1. The molecule has 8 nitrogen and oxygen atoms in total. The first-order valence-electron chi connectivity index (χ1n) is 5.33. The smallest absolute Gasteiger partial charge is 0.329 e. The number of rotatable bonds is 7. The van der Waals surface area contributed by atoms with Gasteiger partial charge in [-0.25, -0.2) is 4.79 Å². The number of ether oxygens (including phenoxy) is 1. The fourth-order valence-electron chi connectivity index (χ4n) is 1.23. The molecule has 2 N–H and O–H groups in total. The second-order valence-electron chi connectivity index (χ2n) is 3.51. The Morgan fingerprint density at radius 2 is 1.95 bits per heavy atom. The number of nitrogens with zero attached hydrogens (tertiary/aromatic N) is 1. The fourth-order valence-corrected chi connectivity index (χ4v) is 1.23. The lowest BCUT2D eigenvalue weighted by Gasteiger charge is -2.05. The highest BCUT2D eigenvalue weighted by atomic mass is 16.6. The number of carbonyl (C=O) groups is 2. The zero-order chi connectivity index (χ0) is 14.3. The molecule has 1 amide bonds. The van der Waals surface area contributed by atoms with Crippen LogP contribution in [0.2, 0.25) is 0 Å². The molecule has 0 atom stereocenters. The van der Waals surface area contributed by atoms with Crippen LogP contribution >= 0.6 is 0 Å². The molecule has 0 saturated carbocycles. The fraction of sp³-hybridized carbons (Fsp3) is 0.273. The molecule has 0 aliphatic carbocycles. The lowest BCUT2D eigenvalue weighted by Crippen LogP contribution is -2.27. The number of nitro groups is 1. The zero-order valence-corrected chi connectivity index (χ0v) is 9.87. The highest BCUT2D eigenvalue weighted by Crippen LogP contribution is 2.11. The second kappa shape index (κ2) is 7.07. The topological polar surface area (TPSA) is 119 Å². The lowest BCUT2D eigenvalue weighted by molar-refractivity contribution is -0.384. The molecule has 1 rings (SSSR count). The van der Waals surface area contributed by atoms with Gasteiger partial charge in [-0.15, -0.1) is 0 Å². The molecule has 8 heteroatoms. The van der Waals surface area contributed by atoms with E-state index in [9.17, 15) is 19.7 Å². The van der Waals surface area contributed by atoms with Gasteiger partial charge in [0.1, 0.15) is 6.61 Å². The van der Waals surface area contributed by atoms with Crippen molar-refractivity contribution in [1.82, 2.24) is 5.32 Å². The van der Waals surface area contributed by atoms with Crippen LogP contribution in [0.3, 0.4) is 0 Å². The van der Waals surface area contributed by atoms with Gasteiger partial charge in [-0.05, 0) is 12.1 Å². The van der Waals surface area contributed by atoms with E-state index in [2.05, 4.69) is 5.32 Å². The van der Waals surface area contributed by atoms with Crippen LogP contribution in [0.5, 0.6) is 0 Å². The maximum absolute atomic E-state index is 11.6. The monoisotopic (exact) mass is 268 g/mol. The molecule has 0 aromatic heterocycles. The summed E-state index contributed by atoms with van der Waals surface area (Å²) in [4.78, 5) is 31.6. The Labute approximate surface area is 108 Å². The highest BCUT2D eigenvalue weighted by Gasteiger charge is 2.08. The average molecular weight is 268 g/mol. The van der Waals surface area contributed by atoms with E-state index in [1.54, 1.807) is 0 Å². The number of hydrogen-bond acceptors (Lipinski definition) is 5. The zero-order valence-electron chi connectivity index (χ0n) is 9.87. The lowest BCUT2D eigenvalue weighted by atomic mass is 10.2. The Balaban J connectivity index is 2.37. The summed E-state index contributed by atoms with van der Waals surface area (Å²) in [6.45, 7) is -0.193. The Kier molecular flexibility index (Phi) is 5.42. The normalized spacial score (nSPS) is 9.89. The number of non-ortho nitro benzene ring substituents is 1.